The van der Waals surface area contributed by atoms with Crippen LogP contribution in [0.25, 0.3) is 0 Å². The van der Waals surface area contributed by atoms with Gasteiger partial charge in [0.25, 0.3) is 0 Å². The molecule has 1 aliphatic rings. The summed E-state index contributed by atoms with van der Waals surface area (Å²) in [4.78, 5) is 13.3. The van der Waals surface area contributed by atoms with E-state index in [-0.39, 0.29) is 17.6 Å². The van der Waals surface area contributed by atoms with Crippen molar-refractivity contribution in [3.63, 3.8) is 0 Å². The predicted molar refractivity (Wildman–Crippen MR) is 69.0 cm³/mol. The van der Waals surface area contributed by atoms with Gasteiger partial charge in [0.15, 0.2) is 0 Å². The summed E-state index contributed by atoms with van der Waals surface area (Å²) < 4.78 is 5.79. The Hall–Kier alpha value is -0.610. The number of ether oxygens (including phenoxy) is 1. The zero-order chi connectivity index (χ0) is 13.1. The van der Waals surface area contributed by atoms with Crippen LogP contribution >= 0.6 is 0 Å². The molecule has 0 aromatic rings. The van der Waals surface area contributed by atoms with Crippen molar-refractivity contribution in [1.82, 2.24) is 10.2 Å². The Bertz CT molecular complexity index is 266. The molecular weight excluding hydrogens is 216 g/mol. The molecule has 0 aromatic carbocycles. The zero-order valence-corrected chi connectivity index (χ0v) is 11.7. The van der Waals surface area contributed by atoms with Gasteiger partial charge in [-0.25, -0.2) is 0 Å². The van der Waals surface area contributed by atoms with Gasteiger partial charge in [0.1, 0.15) is 0 Å². The first kappa shape index (κ1) is 14.5. The van der Waals surface area contributed by atoms with Gasteiger partial charge in [0.05, 0.1) is 12.7 Å². The molecule has 1 saturated carbocycles. The molecule has 0 aliphatic heterocycles. The van der Waals surface area contributed by atoms with Crippen molar-refractivity contribution in [3.05, 3.63) is 0 Å². The van der Waals surface area contributed by atoms with Crippen LogP contribution in [0.4, 0.5) is 0 Å². The molecule has 0 aromatic heterocycles. The van der Waals surface area contributed by atoms with E-state index >= 15 is 0 Å². The molecule has 0 spiro atoms. The third-order valence-corrected chi connectivity index (χ3v) is 3.63. The van der Waals surface area contributed by atoms with Crippen molar-refractivity contribution in [2.75, 3.05) is 20.7 Å². The number of carbonyl (C=O) groups is 1. The van der Waals surface area contributed by atoms with Crippen molar-refractivity contribution < 1.29 is 9.53 Å². The Morgan fingerprint density at radius 1 is 1.53 bits per heavy atom. The summed E-state index contributed by atoms with van der Waals surface area (Å²) in [7, 11) is 4.19. The smallest absolute Gasteiger partial charge is 0.217 e. The molecule has 1 N–H and O–H groups in total. The van der Waals surface area contributed by atoms with E-state index in [0.29, 0.717) is 6.04 Å². The van der Waals surface area contributed by atoms with Gasteiger partial charge in [-0.05, 0) is 47.2 Å². The number of hydrogen-bond acceptors (Lipinski definition) is 3. The van der Waals surface area contributed by atoms with Gasteiger partial charge >= 0.3 is 0 Å². The molecule has 1 amide bonds. The number of rotatable bonds is 5. The maximum Gasteiger partial charge on any atom is 0.217 e. The van der Waals surface area contributed by atoms with Crippen LogP contribution in [-0.4, -0.2) is 49.2 Å². The molecule has 0 heterocycles. The second kappa shape index (κ2) is 5.83. The third-order valence-electron chi connectivity index (χ3n) is 3.63. The summed E-state index contributed by atoms with van der Waals surface area (Å²) in [5.41, 5.74) is 0.0807. The number of amides is 1. The van der Waals surface area contributed by atoms with Crippen molar-refractivity contribution in [2.24, 2.45) is 0 Å². The summed E-state index contributed by atoms with van der Waals surface area (Å²) in [5, 5.41) is 3.02. The number of nitrogens with zero attached hydrogens (tertiary/aromatic N) is 1. The summed E-state index contributed by atoms with van der Waals surface area (Å²) >= 11 is 0. The van der Waals surface area contributed by atoms with E-state index in [9.17, 15) is 4.79 Å². The van der Waals surface area contributed by atoms with Gasteiger partial charge in [-0.1, -0.05) is 0 Å². The van der Waals surface area contributed by atoms with E-state index in [4.69, 9.17) is 4.74 Å². The first-order valence-corrected chi connectivity index (χ1v) is 6.42. The van der Waals surface area contributed by atoms with E-state index in [1.54, 1.807) is 6.92 Å². The van der Waals surface area contributed by atoms with Crippen molar-refractivity contribution in [1.29, 1.82) is 0 Å². The van der Waals surface area contributed by atoms with Gasteiger partial charge in [-0.15, -0.1) is 0 Å². The minimum Gasteiger partial charge on any atom is -0.377 e. The fourth-order valence-electron chi connectivity index (χ4n) is 2.50. The van der Waals surface area contributed by atoms with Gasteiger partial charge < -0.3 is 15.0 Å². The molecule has 0 bridgehead atoms. The summed E-state index contributed by atoms with van der Waals surface area (Å²) in [5.74, 6) is 0.0642. The Labute approximate surface area is 105 Å². The predicted octanol–water partition coefficient (Wildman–Crippen LogP) is 1.40. The highest BCUT2D eigenvalue weighted by atomic mass is 16.5. The molecule has 1 aliphatic carbocycles. The van der Waals surface area contributed by atoms with Crippen molar-refractivity contribution in [2.45, 2.75) is 57.7 Å². The molecule has 4 heteroatoms. The van der Waals surface area contributed by atoms with Crippen molar-refractivity contribution >= 4 is 5.91 Å². The van der Waals surface area contributed by atoms with E-state index in [1.807, 2.05) is 0 Å². The highest BCUT2D eigenvalue weighted by Gasteiger charge is 2.41. The molecule has 2 atom stereocenters. The number of likely N-dealkylation sites (N-methyl/N-ethyl adjacent to an activating group) is 1. The SMILES string of the molecule is CC(=O)NC1CCC(COC(C)C)(N(C)C)C1. The number of nitrogens with one attached hydrogen (secondary N) is 1. The number of hydrogen-bond donors (Lipinski definition) is 1. The highest BCUT2D eigenvalue weighted by molar-refractivity contribution is 5.73. The zero-order valence-electron chi connectivity index (χ0n) is 11.7. The van der Waals surface area contributed by atoms with E-state index in [2.05, 4.69) is 38.2 Å². The Morgan fingerprint density at radius 3 is 2.65 bits per heavy atom. The first-order chi connectivity index (χ1) is 7.85. The Balaban J connectivity index is 2.59. The van der Waals surface area contributed by atoms with Crippen molar-refractivity contribution in [3.8, 4) is 0 Å². The van der Waals surface area contributed by atoms with Crippen LogP contribution in [0.3, 0.4) is 0 Å². The molecule has 17 heavy (non-hydrogen) atoms. The standard InChI is InChI=1S/C13H26N2O2/c1-10(2)17-9-13(15(4)5)7-6-12(8-13)14-11(3)16/h10,12H,6-9H2,1-5H3,(H,14,16). The van der Waals surface area contributed by atoms with Crippen LogP contribution in [0.2, 0.25) is 0 Å². The average molecular weight is 242 g/mol. The van der Waals surface area contributed by atoms with Crippen LogP contribution < -0.4 is 5.32 Å². The minimum absolute atomic E-state index is 0.0642. The van der Waals surface area contributed by atoms with Gasteiger partial charge in [0.2, 0.25) is 5.91 Å². The van der Waals surface area contributed by atoms with Gasteiger partial charge in [-0.2, -0.15) is 0 Å². The fourth-order valence-corrected chi connectivity index (χ4v) is 2.50. The average Bonchev–Trinajstić information content (AvgIpc) is 2.59. The number of carbonyl (C=O) groups excluding carboxylic acids is 1. The third kappa shape index (κ3) is 3.96. The summed E-state index contributed by atoms with van der Waals surface area (Å²) in [6.07, 6.45) is 3.36. The normalized spacial score (nSPS) is 29.0. The van der Waals surface area contributed by atoms with E-state index in [0.717, 1.165) is 25.9 Å². The summed E-state index contributed by atoms with van der Waals surface area (Å²) in [6, 6.07) is 0.297. The van der Waals surface area contributed by atoms with Gasteiger partial charge in [-0.3, -0.25) is 4.79 Å². The lowest BCUT2D eigenvalue weighted by Gasteiger charge is -2.37. The molecule has 2 unspecified atom stereocenters. The highest BCUT2D eigenvalue weighted by Crippen LogP contribution is 2.34. The van der Waals surface area contributed by atoms with E-state index < -0.39 is 0 Å². The van der Waals surface area contributed by atoms with Crippen LogP contribution in [0.15, 0.2) is 0 Å². The maximum absolute atomic E-state index is 11.1. The Kier molecular flexibility index (Phi) is 4.95. The largest absolute Gasteiger partial charge is 0.377 e. The molecular formula is C13H26N2O2. The van der Waals surface area contributed by atoms with Crippen LogP contribution in [0, 0.1) is 0 Å². The van der Waals surface area contributed by atoms with Crippen LogP contribution in [0.1, 0.15) is 40.0 Å². The molecule has 1 fully saturated rings. The maximum atomic E-state index is 11.1. The lowest BCUT2D eigenvalue weighted by molar-refractivity contribution is -0.119. The Morgan fingerprint density at radius 2 is 2.18 bits per heavy atom. The molecule has 0 radical (unpaired) electrons. The monoisotopic (exact) mass is 242 g/mol. The second-order valence-corrected chi connectivity index (χ2v) is 5.62. The molecule has 1 rings (SSSR count). The lowest BCUT2D eigenvalue weighted by atomic mass is 9.97. The molecule has 4 nitrogen and oxygen atoms in total. The minimum atomic E-state index is 0.0642. The molecule has 100 valence electrons. The van der Waals surface area contributed by atoms with Gasteiger partial charge in [0, 0.05) is 18.5 Å². The second-order valence-electron chi connectivity index (χ2n) is 5.62. The first-order valence-electron chi connectivity index (χ1n) is 6.42. The van der Waals surface area contributed by atoms with E-state index in [1.165, 1.54) is 0 Å². The summed E-state index contributed by atoms with van der Waals surface area (Å²) in [6.45, 7) is 6.45. The fraction of sp³-hybridized carbons (Fsp3) is 0.923. The molecule has 0 saturated heterocycles. The topological polar surface area (TPSA) is 41.6 Å². The van der Waals surface area contributed by atoms with Crippen LogP contribution in [0.5, 0.6) is 0 Å². The lowest BCUT2D eigenvalue weighted by Crippen LogP contribution is -2.48. The quantitative estimate of drug-likeness (QED) is 0.792. The van der Waals surface area contributed by atoms with Crippen LogP contribution in [-0.2, 0) is 9.53 Å².